The quantitative estimate of drug-likeness (QED) is 0.557. The molecule has 0 spiro atoms. The number of hydrogen-bond donors (Lipinski definition) is 1. The van der Waals surface area contributed by atoms with Crippen LogP contribution in [0.4, 0.5) is 0 Å². The zero-order valence-corrected chi connectivity index (χ0v) is 17.5. The first-order valence-corrected chi connectivity index (χ1v) is 10.8. The number of thioether (sulfide) groups is 1. The number of hydrogen-bond acceptors (Lipinski definition) is 5. The number of aryl methyl sites for hydroxylation is 1. The number of para-hydroxylation sites is 1. The Hall–Kier alpha value is -2.35. The highest BCUT2D eigenvalue weighted by molar-refractivity contribution is 7.99. The summed E-state index contributed by atoms with van der Waals surface area (Å²) in [5, 5.41) is 12.7. The number of aromatic nitrogens is 4. The van der Waals surface area contributed by atoms with E-state index in [2.05, 4.69) is 36.3 Å². The summed E-state index contributed by atoms with van der Waals surface area (Å²) in [5.41, 5.74) is 0.717. The molecule has 28 heavy (non-hydrogen) atoms. The molecule has 2 heterocycles. The van der Waals surface area contributed by atoms with Crippen LogP contribution in [0.3, 0.4) is 0 Å². The van der Waals surface area contributed by atoms with Crippen molar-refractivity contribution >= 4 is 34.3 Å². The topological polar surface area (TPSA) is 81.3 Å². The van der Waals surface area contributed by atoms with Gasteiger partial charge in [0.25, 0.3) is 5.56 Å². The molecular formula is C20H27N5O2S. The molecule has 0 fully saturated rings. The lowest BCUT2D eigenvalue weighted by molar-refractivity contribution is -0.118. The Kier molecular flexibility index (Phi) is 6.72. The van der Waals surface area contributed by atoms with Crippen molar-refractivity contribution in [2.45, 2.75) is 51.7 Å². The van der Waals surface area contributed by atoms with Gasteiger partial charge in [0.15, 0.2) is 5.16 Å². The molecule has 7 nitrogen and oxygen atoms in total. The van der Waals surface area contributed by atoms with Gasteiger partial charge in [-0.25, -0.2) is 0 Å². The molecule has 0 saturated carbocycles. The lowest BCUT2D eigenvalue weighted by Crippen LogP contribution is -2.27. The molecule has 0 radical (unpaired) electrons. The maximum atomic E-state index is 12.9. The summed E-state index contributed by atoms with van der Waals surface area (Å²) in [7, 11) is 0. The van der Waals surface area contributed by atoms with E-state index < -0.39 is 0 Å². The van der Waals surface area contributed by atoms with Gasteiger partial charge >= 0.3 is 0 Å². The Morgan fingerprint density at radius 3 is 2.79 bits per heavy atom. The second kappa shape index (κ2) is 9.23. The molecule has 0 bridgehead atoms. The molecule has 1 N–H and O–H groups in total. The molecule has 8 heteroatoms. The Balaban J connectivity index is 1.91. The first-order chi connectivity index (χ1) is 13.5. The van der Waals surface area contributed by atoms with Gasteiger partial charge in [-0.3, -0.25) is 18.6 Å². The van der Waals surface area contributed by atoms with Gasteiger partial charge < -0.3 is 5.32 Å². The van der Waals surface area contributed by atoms with E-state index in [0.717, 1.165) is 24.8 Å². The molecule has 150 valence electrons. The number of fused-ring (bicyclic) bond motifs is 3. The van der Waals surface area contributed by atoms with Gasteiger partial charge in [-0.05, 0) is 30.9 Å². The first kappa shape index (κ1) is 20.4. The van der Waals surface area contributed by atoms with Crippen LogP contribution in [0, 0.1) is 5.92 Å². The number of rotatable bonds is 9. The van der Waals surface area contributed by atoms with E-state index >= 15 is 0 Å². The monoisotopic (exact) mass is 401 g/mol. The van der Waals surface area contributed by atoms with Crippen molar-refractivity contribution < 1.29 is 4.79 Å². The van der Waals surface area contributed by atoms with Crippen LogP contribution in [-0.4, -0.2) is 37.4 Å². The van der Waals surface area contributed by atoms with Crippen LogP contribution < -0.4 is 10.9 Å². The minimum Gasteiger partial charge on any atom is -0.355 e. The Labute approximate surface area is 168 Å². The summed E-state index contributed by atoms with van der Waals surface area (Å²) in [5.74, 6) is 1.33. The van der Waals surface area contributed by atoms with Crippen molar-refractivity contribution in [2.24, 2.45) is 5.92 Å². The van der Waals surface area contributed by atoms with E-state index in [9.17, 15) is 9.59 Å². The fraction of sp³-hybridized carbons (Fsp3) is 0.500. The number of nitrogens with one attached hydrogen (secondary N) is 1. The largest absolute Gasteiger partial charge is 0.355 e. The predicted molar refractivity (Wildman–Crippen MR) is 113 cm³/mol. The summed E-state index contributed by atoms with van der Waals surface area (Å²) in [6, 6.07) is 7.47. The predicted octanol–water partition coefficient (Wildman–Crippen LogP) is 3.10. The molecule has 0 atom stereocenters. The fourth-order valence-electron chi connectivity index (χ4n) is 3.03. The summed E-state index contributed by atoms with van der Waals surface area (Å²) in [6.45, 7) is 7.63. The van der Waals surface area contributed by atoms with Gasteiger partial charge in [0, 0.05) is 13.1 Å². The highest BCUT2D eigenvalue weighted by Gasteiger charge is 2.17. The molecule has 0 unspecified atom stereocenters. The molecular weight excluding hydrogens is 374 g/mol. The van der Waals surface area contributed by atoms with Crippen molar-refractivity contribution in [3.05, 3.63) is 34.6 Å². The molecule has 0 saturated heterocycles. The van der Waals surface area contributed by atoms with Gasteiger partial charge in [0.1, 0.15) is 0 Å². The summed E-state index contributed by atoms with van der Waals surface area (Å²) >= 11 is 1.34. The van der Waals surface area contributed by atoms with Crippen LogP contribution in [-0.2, 0) is 11.3 Å². The number of nitrogens with zero attached hydrogens (tertiary/aromatic N) is 4. The zero-order valence-electron chi connectivity index (χ0n) is 16.6. The fourth-order valence-corrected chi connectivity index (χ4v) is 3.80. The van der Waals surface area contributed by atoms with Gasteiger partial charge in [0.2, 0.25) is 11.7 Å². The molecule has 1 amide bonds. The Bertz CT molecular complexity index is 1020. The van der Waals surface area contributed by atoms with E-state index in [1.54, 1.807) is 4.57 Å². The van der Waals surface area contributed by atoms with E-state index in [-0.39, 0.29) is 17.2 Å². The molecule has 0 aliphatic carbocycles. The normalized spacial score (nSPS) is 11.6. The van der Waals surface area contributed by atoms with E-state index in [4.69, 9.17) is 0 Å². The lowest BCUT2D eigenvalue weighted by atomic mass is 10.1. The summed E-state index contributed by atoms with van der Waals surface area (Å²) < 4.78 is 3.57. The second-order valence-corrected chi connectivity index (χ2v) is 8.21. The highest BCUT2D eigenvalue weighted by Crippen LogP contribution is 2.21. The molecule has 3 aromatic rings. The standard InChI is InChI=1S/C20H27N5O2S/c1-4-5-12-24-18(27)15-8-6-7-9-16(15)25-19(24)22-23-20(25)28-13-17(26)21-11-10-14(2)3/h6-9,14H,4-5,10-13H2,1-3H3,(H,21,26). The average Bonchev–Trinajstić information content (AvgIpc) is 3.10. The number of amides is 1. The Morgan fingerprint density at radius 2 is 2.04 bits per heavy atom. The number of carbonyl (C=O) groups excluding carboxylic acids is 1. The van der Waals surface area contributed by atoms with Crippen molar-refractivity contribution in [2.75, 3.05) is 12.3 Å². The SMILES string of the molecule is CCCCn1c(=O)c2ccccc2n2c(SCC(=O)NCCC(C)C)nnc12. The van der Waals surface area contributed by atoms with Crippen molar-refractivity contribution in [1.29, 1.82) is 0 Å². The Morgan fingerprint density at radius 1 is 1.25 bits per heavy atom. The smallest absolute Gasteiger partial charge is 0.262 e. The van der Waals surface area contributed by atoms with Crippen molar-refractivity contribution in [3.63, 3.8) is 0 Å². The minimum atomic E-state index is -0.0491. The van der Waals surface area contributed by atoms with Crippen LogP contribution in [0.1, 0.15) is 40.0 Å². The molecule has 1 aromatic carbocycles. The third-order valence-corrected chi connectivity index (χ3v) is 5.52. The average molecular weight is 402 g/mol. The number of carbonyl (C=O) groups is 1. The minimum absolute atomic E-state index is 0.0222. The third kappa shape index (κ3) is 4.38. The zero-order chi connectivity index (χ0) is 20.1. The van der Waals surface area contributed by atoms with Gasteiger partial charge in [-0.15, -0.1) is 10.2 Å². The second-order valence-electron chi connectivity index (χ2n) is 7.27. The van der Waals surface area contributed by atoms with Crippen molar-refractivity contribution in [3.8, 4) is 0 Å². The van der Waals surface area contributed by atoms with E-state index in [0.29, 0.717) is 35.3 Å². The van der Waals surface area contributed by atoms with Crippen LogP contribution in [0.5, 0.6) is 0 Å². The maximum absolute atomic E-state index is 12.9. The van der Waals surface area contributed by atoms with Gasteiger partial charge in [-0.1, -0.05) is 51.1 Å². The van der Waals surface area contributed by atoms with Crippen LogP contribution >= 0.6 is 11.8 Å². The van der Waals surface area contributed by atoms with E-state index in [1.165, 1.54) is 11.8 Å². The van der Waals surface area contributed by atoms with Gasteiger partial charge in [-0.2, -0.15) is 0 Å². The molecule has 3 rings (SSSR count). The van der Waals surface area contributed by atoms with E-state index in [1.807, 2.05) is 28.7 Å². The van der Waals surface area contributed by atoms with Crippen LogP contribution in [0.2, 0.25) is 0 Å². The molecule has 0 aliphatic heterocycles. The number of unbranched alkanes of at least 4 members (excludes halogenated alkanes) is 1. The molecule has 2 aromatic heterocycles. The summed E-state index contributed by atoms with van der Waals surface area (Å²) in [4.78, 5) is 25.0. The number of benzene rings is 1. The van der Waals surface area contributed by atoms with Crippen molar-refractivity contribution in [1.82, 2.24) is 24.5 Å². The van der Waals surface area contributed by atoms with Crippen LogP contribution in [0.25, 0.3) is 16.7 Å². The third-order valence-electron chi connectivity index (χ3n) is 4.59. The maximum Gasteiger partial charge on any atom is 0.262 e. The summed E-state index contributed by atoms with van der Waals surface area (Å²) in [6.07, 6.45) is 2.83. The lowest BCUT2D eigenvalue weighted by Gasteiger charge is -2.11. The molecule has 0 aliphatic rings. The van der Waals surface area contributed by atoms with Crippen LogP contribution in [0.15, 0.2) is 34.2 Å². The highest BCUT2D eigenvalue weighted by atomic mass is 32.2. The first-order valence-electron chi connectivity index (χ1n) is 9.79. The van der Waals surface area contributed by atoms with Gasteiger partial charge in [0.05, 0.1) is 16.7 Å².